The molecular weight excluding hydrogens is 376 g/mol. The fraction of sp³-hybridized carbons (Fsp3) is 0.591. The van der Waals surface area contributed by atoms with Gasteiger partial charge in [0, 0.05) is 37.7 Å². The van der Waals surface area contributed by atoms with Crippen LogP contribution in [0.3, 0.4) is 0 Å². The molecule has 1 fully saturated rings. The van der Waals surface area contributed by atoms with Gasteiger partial charge >= 0.3 is 5.97 Å². The van der Waals surface area contributed by atoms with Crippen molar-refractivity contribution in [1.29, 1.82) is 0 Å². The Morgan fingerprint density at radius 2 is 2.07 bits per heavy atom. The van der Waals surface area contributed by atoms with Crippen LogP contribution in [0.1, 0.15) is 57.3 Å². The third-order valence-corrected chi connectivity index (χ3v) is 5.78. The van der Waals surface area contributed by atoms with Crippen LogP contribution in [0.2, 0.25) is 0 Å². The third kappa shape index (κ3) is 5.26. The van der Waals surface area contributed by atoms with E-state index in [2.05, 4.69) is 23.8 Å². The number of nitrogens with zero attached hydrogens (tertiary/aromatic N) is 3. The molecule has 0 bridgehead atoms. The van der Waals surface area contributed by atoms with Crippen molar-refractivity contribution < 1.29 is 18.7 Å². The van der Waals surface area contributed by atoms with Gasteiger partial charge in [0.05, 0.1) is 17.6 Å². The van der Waals surface area contributed by atoms with E-state index in [1.165, 1.54) is 11.0 Å². The lowest BCUT2D eigenvalue weighted by molar-refractivity contribution is -0.138. The predicted octanol–water partition coefficient (Wildman–Crippen LogP) is 4.56. The third-order valence-electron chi connectivity index (χ3n) is 5.78. The van der Waals surface area contributed by atoms with Crippen LogP contribution in [0.25, 0.3) is 5.57 Å². The number of piperidine rings is 1. The monoisotopic (exact) mass is 405 g/mol. The maximum absolute atomic E-state index is 15.5. The number of carboxylic acids is 1. The molecular formula is C22H29F2N3O2. The molecule has 158 valence electrons. The molecule has 0 aromatic carbocycles. The zero-order chi connectivity index (χ0) is 21.0. The smallest absolute Gasteiger partial charge is 0.303 e. The molecule has 7 heteroatoms. The Morgan fingerprint density at radius 3 is 2.69 bits per heavy atom. The summed E-state index contributed by atoms with van der Waals surface area (Å²) in [5, 5.41) is 8.92. The molecule has 1 aromatic heterocycles. The fourth-order valence-corrected chi connectivity index (χ4v) is 3.95. The summed E-state index contributed by atoms with van der Waals surface area (Å²) < 4.78 is 30.4. The minimum atomic E-state index is -2.17. The largest absolute Gasteiger partial charge is 0.481 e. The van der Waals surface area contributed by atoms with Crippen LogP contribution in [-0.2, 0) is 11.2 Å². The molecule has 1 aliphatic heterocycles. The van der Waals surface area contributed by atoms with Gasteiger partial charge < -0.3 is 5.11 Å². The van der Waals surface area contributed by atoms with Crippen molar-refractivity contribution in [2.24, 2.45) is 11.8 Å². The summed E-state index contributed by atoms with van der Waals surface area (Å²) >= 11 is 0. The molecule has 5 nitrogen and oxygen atoms in total. The van der Waals surface area contributed by atoms with Crippen molar-refractivity contribution in [3.63, 3.8) is 0 Å². The van der Waals surface area contributed by atoms with Gasteiger partial charge in [0.1, 0.15) is 0 Å². The fourth-order valence-electron chi connectivity index (χ4n) is 3.95. The summed E-state index contributed by atoms with van der Waals surface area (Å²) in [6.45, 7) is 4.99. The Hall–Kier alpha value is -2.15. The minimum absolute atomic E-state index is 0.0259. The number of carboxylic acid groups (broad SMARTS) is 1. The topological polar surface area (TPSA) is 66.3 Å². The maximum atomic E-state index is 15.5. The van der Waals surface area contributed by atoms with Crippen LogP contribution >= 0.6 is 0 Å². The zero-order valence-electron chi connectivity index (χ0n) is 17.1. The van der Waals surface area contributed by atoms with E-state index < -0.39 is 17.6 Å². The van der Waals surface area contributed by atoms with Crippen molar-refractivity contribution in [3.8, 4) is 0 Å². The SMILES string of the molecule is CC(C)CCc1cncc(C2=CCC(F)(N3CCC(CC(=O)O)CC3)C(F)=C2)n1. The van der Waals surface area contributed by atoms with E-state index >= 15 is 4.39 Å². The molecule has 1 atom stereocenters. The normalized spacial score (nSPS) is 23.8. The highest BCUT2D eigenvalue weighted by atomic mass is 19.2. The molecule has 1 saturated heterocycles. The van der Waals surface area contributed by atoms with E-state index in [1.54, 1.807) is 18.5 Å². The number of aryl methyl sites for hydroxylation is 1. The quantitative estimate of drug-likeness (QED) is 0.674. The summed E-state index contributed by atoms with van der Waals surface area (Å²) in [5.74, 6) is -3.25. The predicted molar refractivity (Wildman–Crippen MR) is 107 cm³/mol. The van der Waals surface area contributed by atoms with Gasteiger partial charge in [-0.3, -0.25) is 14.7 Å². The molecule has 1 aromatic rings. The average molecular weight is 405 g/mol. The highest BCUT2D eigenvalue weighted by Crippen LogP contribution is 2.40. The van der Waals surface area contributed by atoms with Gasteiger partial charge in [-0.15, -0.1) is 0 Å². The number of alkyl halides is 1. The number of carbonyl (C=O) groups is 1. The van der Waals surface area contributed by atoms with Crippen LogP contribution in [0, 0.1) is 11.8 Å². The van der Waals surface area contributed by atoms with Crippen molar-refractivity contribution in [2.75, 3.05) is 13.1 Å². The molecule has 1 N–H and O–H groups in total. The number of likely N-dealkylation sites (tertiary alicyclic amines) is 1. The summed E-state index contributed by atoms with van der Waals surface area (Å²) in [6, 6.07) is 0. The standard InChI is InChI=1S/C22H29F2N3O2/c1-15(2)3-4-18-13-25-14-19(26-18)17-5-8-22(24,20(23)12-17)27-9-6-16(7-10-27)11-21(28)29/h5,12-16H,3-4,6-11H2,1-2H3,(H,28,29). The first-order valence-corrected chi connectivity index (χ1v) is 10.3. The Labute approximate surface area is 170 Å². The van der Waals surface area contributed by atoms with Gasteiger partial charge in [0.15, 0.2) is 5.83 Å². The Balaban J connectivity index is 1.67. The number of aromatic nitrogens is 2. The second-order valence-electron chi connectivity index (χ2n) is 8.47. The number of aliphatic carboxylic acids is 1. The first-order chi connectivity index (χ1) is 13.8. The minimum Gasteiger partial charge on any atom is -0.481 e. The van der Waals surface area contributed by atoms with Crippen LogP contribution in [0.4, 0.5) is 8.78 Å². The highest BCUT2D eigenvalue weighted by Gasteiger charge is 2.44. The highest BCUT2D eigenvalue weighted by molar-refractivity contribution is 5.73. The summed E-state index contributed by atoms with van der Waals surface area (Å²) in [7, 11) is 0. The van der Waals surface area contributed by atoms with Crippen molar-refractivity contribution in [2.45, 2.75) is 58.2 Å². The van der Waals surface area contributed by atoms with E-state index in [4.69, 9.17) is 5.11 Å². The molecule has 0 saturated carbocycles. The second-order valence-corrected chi connectivity index (χ2v) is 8.47. The maximum Gasteiger partial charge on any atom is 0.303 e. The number of allylic oxidation sites excluding steroid dienone is 2. The Morgan fingerprint density at radius 1 is 1.34 bits per heavy atom. The number of halogens is 2. The van der Waals surface area contributed by atoms with Gasteiger partial charge in [-0.05, 0) is 43.6 Å². The van der Waals surface area contributed by atoms with Crippen molar-refractivity contribution >= 4 is 11.5 Å². The van der Waals surface area contributed by atoms with Gasteiger partial charge in [0.25, 0.3) is 0 Å². The van der Waals surface area contributed by atoms with Crippen LogP contribution in [0.15, 0.2) is 30.4 Å². The number of hydrogen-bond acceptors (Lipinski definition) is 4. The zero-order valence-corrected chi connectivity index (χ0v) is 17.1. The molecule has 29 heavy (non-hydrogen) atoms. The molecule has 2 heterocycles. The van der Waals surface area contributed by atoms with Crippen molar-refractivity contribution in [1.82, 2.24) is 14.9 Å². The Bertz CT molecular complexity index is 801. The Kier molecular flexibility index (Phi) is 6.77. The molecule has 0 amide bonds. The lowest BCUT2D eigenvalue weighted by Gasteiger charge is -2.41. The van der Waals surface area contributed by atoms with Crippen LogP contribution < -0.4 is 0 Å². The van der Waals surface area contributed by atoms with Crippen molar-refractivity contribution in [3.05, 3.63) is 41.8 Å². The summed E-state index contributed by atoms with van der Waals surface area (Å²) in [5.41, 5.74) is 1.96. The lowest BCUT2D eigenvalue weighted by Crippen LogP contribution is -2.50. The molecule has 2 aliphatic rings. The van der Waals surface area contributed by atoms with Gasteiger partial charge in [0.2, 0.25) is 5.79 Å². The van der Waals surface area contributed by atoms with E-state index in [1.807, 2.05) is 0 Å². The molecule has 1 unspecified atom stereocenters. The number of rotatable bonds is 7. The average Bonchev–Trinajstić information content (AvgIpc) is 2.69. The summed E-state index contributed by atoms with van der Waals surface area (Å²) in [4.78, 5) is 21.1. The van der Waals surface area contributed by atoms with Gasteiger partial charge in [-0.2, -0.15) is 0 Å². The molecule has 3 rings (SSSR count). The van der Waals surface area contributed by atoms with E-state index in [0.717, 1.165) is 18.5 Å². The molecule has 0 spiro atoms. The van der Waals surface area contributed by atoms with E-state index in [-0.39, 0.29) is 18.8 Å². The first-order valence-electron chi connectivity index (χ1n) is 10.3. The van der Waals surface area contributed by atoms with Gasteiger partial charge in [-0.25, -0.2) is 13.8 Å². The first kappa shape index (κ1) is 21.6. The molecule has 1 aliphatic carbocycles. The number of hydrogen-bond donors (Lipinski definition) is 1. The van der Waals surface area contributed by atoms with Crippen LogP contribution in [-0.4, -0.2) is 44.8 Å². The summed E-state index contributed by atoms with van der Waals surface area (Å²) in [6.07, 6.45) is 9.12. The molecule has 0 radical (unpaired) electrons. The van der Waals surface area contributed by atoms with E-state index in [9.17, 15) is 9.18 Å². The second kappa shape index (κ2) is 9.11. The van der Waals surface area contributed by atoms with Gasteiger partial charge in [-0.1, -0.05) is 19.9 Å². The van der Waals surface area contributed by atoms with Crippen LogP contribution in [0.5, 0.6) is 0 Å². The van der Waals surface area contributed by atoms with E-state index in [0.29, 0.717) is 43.1 Å². The lowest BCUT2D eigenvalue weighted by atomic mass is 9.89.